The summed E-state index contributed by atoms with van der Waals surface area (Å²) in [5.41, 5.74) is 3.62. The van der Waals surface area contributed by atoms with Crippen LogP contribution in [0.3, 0.4) is 0 Å². The van der Waals surface area contributed by atoms with Crippen molar-refractivity contribution in [1.29, 1.82) is 0 Å². The maximum Gasteiger partial charge on any atom is 0.255 e. The number of ether oxygens (including phenoxy) is 1. The molecule has 2 aromatic rings. The van der Waals surface area contributed by atoms with Crippen molar-refractivity contribution < 1.29 is 9.53 Å². The molecule has 2 bridgehead atoms. The first-order valence-electron chi connectivity index (χ1n) is 8.88. The van der Waals surface area contributed by atoms with Gasteiger partial charge in [0.15, 0.2) is 5.65 Å². The second-order valence-corrected chi connectivity index (χ2v) is 7.56. The molecule has 0 aliphatic carbocycles. The Bertz CT molecular complexity index is 837. The highest BCUT2D eigenvalue weighted by Crippen LogP contribution is 2.45. The lowest BCUT2D eigenvalue weighted by atomic mass is 9.94. The number of hydrogen-bond donors (Lipinski definition) is 0. The lowest BCUT2D eigenvalue weighted by Gasteiger charge is -2.40. The molecule has 3 atom stereocenters. The van der Waals surface area contributed by atoms with Crippen LogP contribution in [0.15, 0.2) is 12.3 Å². The monoisotopic (exact) mass is 326 g/mol. The number of carbonyl (C=O) groups excluding carboxylic acids is 1. The van der Waals surface area contributed by atoms with Gasteiger partial charge in [-0.1, -0.05) is 0 Å². The van der Waals surface area contributed by atoms with Gasteiger partial charge >= 0.3 is 0 Å². The highest BCUT2D eigenvalue weighted by molar-refractivity contribution is 5.86. The van der Waals surface area contributed by atoms with Crippen molar-refractivity contribution >= 4 is 11.6 Å². The van der Waals surface area contributed by atoms with E-state index in [0.717, 1.165) is 49.0 Å². The Kier molecular flexibility index (Phi) is 2.87. The van der Waals surface area contributed by atoms with E-state index in [9.17, 15) is 4.79 Å². The fourth-order valence-corrected chi connectivity index (χ4v) is 4.73. The molecule has 6 nitrogen and oxygen atoms in total. The third kappa shape index (κ3) is 1.83. The Labute approximate surface area is 140 Å². The lowest BCUT2D eigenvalue weighted by molar-refractivity contribution is -0.154. The maximum absolute atomic E-state index is 13.2. The van der Waals surface area contributed by atoms with Crippen LogP contribution in [0, 0.1) is 6.92 Å². The van der Waals surface area contributed by atoms with Crippen LogP contribution in [0.1, 0.15) is 55.6 Å². The van der Waals surface area contributed by atoms with Gasteiger partial charge in [-0.15, -0.1) is 0 Å². The molecule has 0 saturated carbocycles. The summed E-state index contributed by atoms with van der Waals surface area (Å²) >= 11 is 0. The zero-order valence-electron chi connectivity index (χ0n) is 14.2. The Hall–Kier alpha value is -1.95. The van der Waals surface area contributed by atoms with E-state index < -0.39 is 5.60 Å². The van der Waals surface area contributed by atoms with Gasteiger partial charge in [-0.2, -0.15) is 5.10 Å². The quantitative estimate of drug-likeness (QED) is 0.806. The van der Waals surface area contributed by atoms with Gasteiger partial charge < -0.3 is 9.64 Å². The van der Waals surface area contributed by atoms with Crippen LogP contribution >= 0.6 is 0 Å². The van der Waals surface area contributed by atoms with Crippen molar-refractivity contribution in [3.8, 4) is 0 Å². The third-order valence-corrected chi connectivity index (χ3v) is 5.93. The molecule has 0 aromatic carbocycles. The molecule has 3 aliphatic rings. The molecule has 1 amide bonds. The van der Waals surface area contributed by atoms with E-state index >= 15 is 0 Å². The number of amides is 1. The number of aryl methyl sites for hydroxylation is 1. The number of rotatable bonds is 1. The van der Waals surface area contributed by atoms with Crippen molar-refractivity contribution in [2.45, 2.75) is 63.6 Å². The smallest absolute Gasteiger partial charge is 0.255 e. The molecule has 3 aliphatic heterocycles. The largest absolute Gasteiger partial charge is 0.365 e. The Morgan fingerprint density at radius 3 is 3.08 bits per heavy atom. The standard InChI is InChI=1S/C18H22N4O2/c1-11-8-16-19-10-13-14-5-4-12(9-15(13)22(16)20-11)21(14)17(23)18(2)6-3-7-24-18/h8,10,12,14H,3-7,9H2,1-2H3/t12-,14+,18+/m1/s1. The van der Waals surface area contributed by atoms with E-state index in [-0.39, 0.29) is 18.0 Å². The normalized spacial score (nSPS) is 31.7. The van der Waals surface area contributed by atoms with Crippen LogP contribution in [0.2, 0.25) is 0 Å². The van der Waals surface area contributed by atoms with Crippen molar-refractivity contribution in [2.75, 3.05) is 6.61 Å². The molecule has 6 heteroatoms. The van der Waals surface area contributed by atoms with Gasteiger partial charge in [0, 0.05) is 36.9 Å². The molecule has 2 aromatic heterocycles. The number of aromatic nitrogens is 3. The summed E-state index contributed by atoms with van der Waals surface area (Å²) in [4.78, 5) is 19.9. The van der Waals surface area contributed by atoms with Gasteiger partial charge in [-0.3, -0.25) is 4.79 Å². The Morgan fingerprint density at radius 2 is 2.29 bits per heavy atom. The van der Waals surface area contributed by atoms with E-state index in [4.69, 9.17) is 4.74 Å². The molecule has 0 spiro atoms. The molecule has 0 unspecified atom stereocenters. The Balaban J connectivity index is 1.58. The fourth-order valence-electron chi connectivity index (χ4n) is 4.73. The van der Waals surface area contributed by atoms with Crippen molar-refractivity contribution in [3.05, 3.63) is 29.2 Å². The van der Waals surface area contributed by atoms with E-state index in [0.29, 0.717) is 6.61 Å². The summed E-state index contributed by atoms with van der Waals surface area (Å²) in [5, 5.41) is 4.61. The van der Waals surface area contributed by atoms with Gasteiger partial charge in [-0.25, -0.2) is 9.50 Å². The van der Waals surface area contributed by atoms with Crippen molar-refractivity contribution in [3.63, 3.8) is 0 Å². The first-order valence-corrected chi connectivity index (χ1v) is 8.88. The zero-order chi connectivity index (χ0) is 16.5. The average Bonchev–Trinajstić information content (AvgIpc) is 3.24. The number of carbonyl (C=O) groups is 1. The molecule has 0 radical (unpaired) electrons. The van der Waals surface area contributed by atoms with Crippen LogP contribution in [0.25, 0.3) is 5.65 Å². The summed E-state index contributed by atoms with van der Waals surface area (Å²) in [6.07, 6.45) is 6.65. The number of fused-ring (bicyclic) bond motifs is 6. The molecule has 24 heavy (non-hydrogen) atoms. The molecule has 126 valence electrons. The fraction of sp³-hybridized carbons (Fsp3) is 0.611. The molecule has 5 heterocycles. The molecule has 2 saturated heterocycles. The topological polar surface area (TPSA) is 59.7 Å². The van der Waals surface area contributed by atoms with Crippen molar-refractivity contribution in [2.24, 2.45) is 0 Å². The van der Waals surface area contributed by atoms with Crippen LogP contribution in [0.5, 0.6) is 0 Å². The third-order valence-electron chi connectivity index (χ3n) is 5.93. The minimum absolute atomic E-state index is 0.119. The van der Waals surface area contributed by atoms with E-state index in [1.54, 1.807) is 0 Å². The molecule has 2 fully saturated rings. The summed E-state index contributed by atoms with van der Waals surface area (Å²) in [6.45, 7) is 4.64. The second kappa shape index (κ2) is 4.79. The summed E-state index contributed by atoms with van der Waals surface area (Å²) < 4.78 is 7.79. The first kappa shape index (κ1) is 14.4. The highest BCUT2D eigenvalue weighted by atomic mass is 16.5. The predicted octanol–water partition coefficient (Wildman–Crippen LogP) is 2.20. The highest BCUT2D eigenvalue weighted by Gasteiger charge is 2.50. The first-order chi connectivity index (χ1) is 11.6. The second-order valence-electron chi connectivity index (χ2n) is 7.56. The molecular weight excluding hydrogens is 304 g/mol. The Morgan fingerprint density at radius 1 is 1.42 bits per heavy atom. The van der Waals surface area contributed by atoms with E-state index in [2.05, 4.69) is 15.0 Å². The van der Waals surface area contributed by atoms with Crippen LogP contribution in [0.4, 0.5) is 0 Å². The minimum atomic E-state index is -0.641. The predicted molar refractivity (Wildman–Crippen MR) is 87.6 cm³/mol. The van der Waals surface area contributed by atoms with Crippen LogP contribution in [-0.4, -0.2) is 43.7 Å². The van der Waals surface area contributed by atoms with Crippen molar-refractivity contribution in [1.82, 2.24) is 19.5 Å². The summed E-state index contributed by atoms with van der Waals surface area (Å²) in [7, 11) is 0. The lowest BCUT2D eigenvalue weighted by Crippen LogP contribution is -2.52. The van der Waals surface area contributed by atoms with Gasteiger partial charge in [0.25, 0.3) is 5.91 Å². The van der Waals surface area contributed by atoms with Gasteiger partial charge in [-0.05, 0) is 39.5 Å². The average molecular weight is 326 g/mol. The maximum atomic E-state index is 13.2. The van der Waals surface area contributed by atoms with E-state index in [1.165, 1.54) is 5.69 Å². The molecule has 0 N–H and O–H groups in total. The SMILES string of the molecule is Cc1cc2ncc3c(n2n1)C[C@H]1CC[C@@H]3N1C(=O)[C@]1(C)CCCO1. The van der Waals surface area contributed by atoms with Gasteiger partial charge in [0.1, 0.15) is 5.60 Å². The van der Waals surface area contributed by atoms with Gasteiger partial charge in [0.2, 0.25) is 0 Å². The summed E-state index contributed by atoms with van der Waals surface area (Å²) in [5.74, 6) is 0.162. The molecule has 5 rings (SSSR count). The minimum Gasteiger partial charge on any atom is -0.365 e. The van der Waals surface area contributed by atoms with Gasteiger partial charge in [0.05, 0.1) is 17.4 Å². The van der Waals surface area contributed by atoms with E-state index in [1.807, 2.05) is 30.6 Å². The summed E-state index contributed by atoms with van der Waals surface area (Å²) in [6, 6.07) is 2.38. The molecular formula is C18H22N4O2. The zero-order valence-corrected chi connectivity index (χ0v) is 14.2. The van der Waals surface area contributed by atoms with Crippen LogP contribution < -0.4 is 0 Å². The number of hydrogen-bond acceptors (Lipinski definition) is 4. The van der Waals surface area contributed by atoms with Crippen LogP contribution in [-0.2, 0) is 16.0 Å². The number of nitrogens with zero attached hydrogens (tertiary/aromatic N) is 4.